The molecule has 8 heteroatoms. The van der Waals surface area contributed by atoms with Crippen molar-refractivity contribution >= 4 is 29.3 Å². The third kappa shape index (κ3) is 2.81. The molecule has 1 aromatic heterocycles. The van der Waals surface area contributed by atoms with Crippen molar-refractivity contribution in [1.82, 2.24) is 5.16 Å². The first-order chi connectivity index (χ1) is 10.2. The van der Waals surface area contributed by atoms with Crippen LogP contribution in [0, 0.1) is 0 Å². The summed E-state index contributed by atoms with van der Waals surface area (Å²) in [5.41, 5.74) is -0.285. The quantitative estimate of drug-likeness (QED) is 0.792. The molecule has 1 amide bonds. The third-order valence-electron chi connectivity index (χ3n) is 3.05. The van der Waals surface area contributed by atoms with Crippen molar-refractivity contribution in [3.63, 3.8) is 0 Å². The van der Waals surface area contributed by atoms with Gasteiger partial charge in [0.15, 0.2) is 5.82 Å². The first-order valence-electron chi connectivity index (χ1n) is 6.58. The van der Waals surface area contributed by atoms with Gasteiger partial charge in [-0.15, -0.1) is 0 Å². The molecule has 0 saturated heterocycles. The van der Waals surface area contributed by atoms with E-state index in [1.807, 2.05) is 20.8 Å². The molecule has 2 rings (SSSR count). The number of hydrogen-bond donors (Lipinski definition) is 0. The summed E-state index contributed by atoms with van der Waals surface area (Å²) in [6.45, 7) is 7.05. The minimum absolute atomic E-state index is 0.0111. The molecule has 0 bridgehead atoms. The molecule has 120 valence electrons. The Morgan fingerprint density at radius 1 is 1.45 bits per heavy atom. The Balaban J connectivity index is 2.42. The van der Waals surface area contributed by atoms with E-state index in [1.165, 1.54) is 14.0 Å². The zero-order valence-corrected chi connectivity index (χ0v) is 13.7. The van der Waals surface area contributed by atoms with E-state index in [4.69, 9.17) is 25.6 Å². The van der Waals surface area contributed by atoms with Gasteiger partial charge in [0.1, 0.15) is 10.8 Å². The first-order valence-corrected chi connectivity index (χ1v) is 6.96. The van der Waals surface area contributed by atoms with Gasteiger partial charge in [-0.2, -0.15) is 0 Å². The van der Waals surface area contributed by atoms with Crippen LogP contribution in [0.2, 0.25) is 0 Å². The smallest absolute Gasteiger partial charge is 0.304 e. The minimum atomic E-state index is -1.11. The number of rotatable bonds is 3. The third-order valence-corrected chi connectivity index (χ3v) is 3.41. The first kappa shape index (κ1) is 16.4. The molecule has 0 aromatic carbocycles. The van der Waals surface area contributed by atoms with E-state index in [2.05, 4.69) is 5.16 Å². The number of carbonyl (C=O) groups excluding carboxylic acids is 2. The maximum atomic E-state index is 12.4. The monoisotopic (exact) mass is 328 g/mol. The number of anilines is 1. The number of halogens is 1. The molecule has 1 aromatic rings. The molecule has 1 aliphatic rings. The number of methoxy groups -OCH3 is 1. The fourth-order valence-electron chi connectivity index (χ4n) is 1.95. The average Bonchev–Trinajstić information content (AvgIpc) is 2.94. The van der Waals surface area contributed by atoms with Crippen LogP contribution in [0.15, 0.2) is 21.4 Å². The standard InChI is InChI=1S/C14H17ClN2O5/c1-7(18)21-13-10(15)11(20-5)12(19)17(13)9-6-8(22-16-9)14(2,3)4/h6,13H,1-5H3. The minimum Gasteiger partial charge on any atom is -0.490 e. The van der Waals surface area contributed by atoms with E-state index >= 15 is 0 Å². The second-order valence-corrected chi connectivity index (χ2v) is 6.22. The van der Waals surface area contributed by atoms with Crippen molar-refractivity contribution in [2.24, 2.45) is 0 Å². The van der Waals surface area contributed by atoms with Gasteiger partial charge in [-0.3, -0.25) is 9.59 Å². The second-order valence-electron chi connectivity index (χ2n) is 5.82. The lowest BCUT2D eigenvalue weighted by Crippen LogP contribution is -2.38. The zero-order chi connectivity index (χ0) is 16.7. The summed E-state index contributed by atoms with van der Waals surface area (Å²) in [5, 5.41) is 3.86. The number of hydrogen-bond acceptors (Lipinski definition) is 6. The number of nitrogens with zero attached hydrogens (tertiary/aromatic N) is 2. The van der Waals surface area contributed by atoms with E-state index in [-0.39, 0.29) is 22.0 Å². The Hall–Kier alpha value is -2.02. The van der Waals surface area contributed by atoms with Gasteiger partial charge in [-0.25, -0.2) is 4.90 Å². The van der Waals surface area contributed by atoms with E-state index < -0.39 is 18.1 Å². The lowest BCUT2D eigenvalue weighted by Gasteiger charge is -2.21. The Labute approximate surface area is 132 Å². The van der Waals surface area contributed by atoms with Crippen LogP contribution in [0.4, 0.5) is 5.82 Å². The topological polar surface area (TPSA) is 81.9 Å². The lowest BCUT2D eigenvalue weighted by molar-refractivity contribution is -0.144. The van der Waals surface area contributed by atoms with Crippen molar-refractivity contribution in [3.05, 3.63) is 22.6 Å². The van der Waals surface area contributed by atoms with Crippen molar-refractivity contribution in [1.29, 1.82) is 0 Å². The molecular weight excluding hydrogens is 312 g/mol. The predicted octanol–water partition coefficient (Wildman–Crippen LogP) is 2.30. The maximum Gasteiger partial charge on any atom is 0.304 e. The Morgan fingerprint density at radius 3 is 2.55 bits per heavy atom. The predicted molar refractivity (Wildman–Crippen MR) is 78.1 cm³/mol. The van der Waals surface area contributed by atoms with Crippen LogP contribution in [0.5, 0.6) is 0 Å². The highest BCUT2D eigenvalue weighted by molar-refractivity contribution is 6.35. The Kier molecular flexibility index (Phi) is 4.19. The summed E-state index contributed by atoms with van der Waals surface area (Å²) in [7, 11) is 1.31. The Morgan fingerprint density at radius 2 is 2.09 bits per heavy atom. The highest BCUT2D eigenvalue weighted by atomic mass is 35.5. The summed E-state index contributed by atoms with van der Waals surface area (Å²) < 4.78 is 15.3. The van der Waals surface area contributed by atoms with Crippen LogP contribution in [0.1, 0.15) is 33.5 Å². The summed E-state index contributed by atoms with van der Waals surface area (Å²) in [5.74, 6) is -0.441. The van der Waals surface area contributed by atoms with Gasteiger partial charge < -0.3 is 14.0 Å². The fourth-order valence-corrected chi connectivity index (χ4v) is 2.25. The molecule has 0 radical (unpaired) electrons. The molecule has 0 saturated carbocycles. The van der Waals surface area contributed by atoms with Gasteiger partial charge in [0.2, 0.25) is 12.0 Å². The van der Waals surface area contributed by atoms with Crippen LogP contribution >= 0.6 is 11.6 Å². The molecular formula is C14H17ClN2O5. The van der Waals surface area contributed by atoms with Gasteiger partial charge in [0, 0.05) is 18.4 Å². The molecule has 22 heavy (non-hydrogen) atoms. The van der Waals surface area contributed by atoms with Crippen molar-refractivity contribution in [2.75, 3.05) is 12.0 Å². The van der Waals surface area contributed by atoms with Gasteiger partial charge in [-0.05, 0) is 0 Å². The van der Waals surface area contributed by atoms with E-state index in [0.717, 1.165) is 4.90 Å². The van der Waals surface area contributed by atoms with Crippen molar-refractivity contribution in [2.45, 2.75) is 39.3 Å². The van der Waals surface area contributed by atoms with Crippen LogP contribution in [0.25, 0.3) is 0 Å². The van der Waals surface area contributed by atoms with Crippen LogP contribution in [-0.4, -0.2) is 30.4 Å². The molecule has 1 aliphatic heterocycles. The van der Waals surface area contributed by atoms with Crippen LogP contribution < -0.4 is 4.90 Å². The number of aromatic nitrogens is 1. The zero-order valence-electron chi connectivity index (χ0n) is 13.0. The molecule has 0 fully saturated rings. The average molecular weight is 329 g/mol. The summed E-state index contributed by atoms with van der Waals surface area (Å²) >= 11 is 6.08. The lowest BCUT2D eigenvalue weighted by atomic mass is 9.93. The normalized spacial score (nSPS) is 18.9. The summed E-state index contributed by atoms with van der Waals surface area (Å²) in [4.78, 5) is 24.8. The summed E-state index contributed by atoms with van der Waals surface area (Å²) in [6, 6.07) is 1.61. The number of carbonyl (C=O) groups is 2. The molecule has 1 unspecified atom stereocenters. The van der Waals surface area contributed by atoms with Crippen LogP contribution in [-0.2, 0) is 24.5 Å². The molecule has 2 heterocycles. The van der Waals surface area contributed by atoms with Crippen molar-refractivity contribution in [3.8, 4) is 0 Å². The molecule has 7 nitrogen and oxygen atoms in total. The van der Waals surface area contributed by atoms with Gasteiger partial charge in [0.05, 0.1) is 7.11 Å². The fraction of sp³-hybridized carbons (Fsp3) is 0.500. The highest BCUT2D eigenvalue weighted by Gasteiger charge is 2.44. The molecule has 0 spiro atoms. The number of ether oxygens (including phenoxy) is 2. The Bertz CT molecular complexity index is 644. The number of amides is 1. The van der Waals surface area contributed by atoms with Crippen LogP contribution in [0.3, 0.4) is 0 Å². The maximum absolute atomic E-state index is 12.4. The molecule has 0 aliphatic carbocycles. The molecule has 0 N–H and O–H groups in total. The number of esters is 1. The van der Waals surface area contributed by atoms with E-state index in [9.17, 15) is 9.59 Å². The van der Waals surface area contributed by atoms with Gasteiger partial charge in [0.25, 0.3) is 5.91 Å². The van der Waals surface area contributed by atoms with E-state index in [1.54, 1.807) is 6.07 Å². The second kappa shape index (κ2) is 5.64. The van der Waals surface area contributed by atoms with Crippen molar-refractivity contribution < 1.29 is 23.6 Å². The summed E-state index contributed by atoms with van der Waals surface area (Å²) in [6.07, 6.45) is -1.11. The van der Waals surface area contributed by atoms with Gasteiger partial charge in [-0.1, -0.05) is 37.5 Å². The molecule has 1 atom stereocenters. The highest BCUT2D eigenvalue weighted by Crippen LogP contribution is 2.35. The SMILES string of the molecule is COC1=C(Cl)C(OC(C)=O)N(c2cc(C(C)(C)C)on2)C1=O. The van der Waals surface area contributed by atoms with E-state index in [0.29, 0.717) is 5.76 Å². The van der Waals surface area contributed by atoms with Gasteiger partial charge >= 0.3 is 5.97 Å². The largest absolute Gasteiger partial charge is 0.490 e.